The normalized spacial score (nSPS) is 14.9. The fourth-order valence-corrected chi connectivity index (χ4v) is 3.14. The molecule has 0 unspecified atom stereocenters. The molecule has 3 rings (SSSR count). The average molecular weight is 381 g/mol. The van der Waals surface area contributed by atoms with Gasteiger partial charge in [-0.2, -0.15) is 0 Å². The molecule has 28 heavy (non-hydrogen) atoms. The summed E-state index contributed by atoms with van der Waals surface area (Å²) in [5, 5.41) is 2.89. The van der Waals surface area contributed by atoms with Crippen molar-refractivity contribution < 1.29 is 14.3 Å². The van der Waals surface area contributed by atoms with Crippen molar-refractivity contribution in [2.75, 3.05) is 57.7 Å². The minimum atomic E-state index is -0.197. The van der Waals surface area contributed by atoms with Crippen molar-refractivity contribution in [2.24, 2.45) is 0 Å². The Morgan fingerprint density at radius 2 is 1.71 bits per heavy atom. The van der Waals surface area contributed by atoms with Crippen LogP contribution in [0.4, 0.5) is 11.4 Å². The van der Waals surface area contributed by atoms with Crippen LogP contribution in [0.25, 0.3) is 6.08 Å². The monoisotopic (exact) mass is 381 g/mol. The van der Waals surface area contributed by atoms with E-state index in [1.54, 1.807) is 20.3 Å². The van der Waals surface area contributed by atoms with E-state index in [1.165, 1.54) is 11.8 Å². The van der Waals surface area contributed by atoms with Crippen LogP contribution in [-0.2, 0) is 4.79 Å². The molecular formula is C22H27N3O3. The predicted octanol–water partition coefficient (Wildman–Crippen LogP) is 3.11. The molecule has 148 valence electrons. The van der Waals surface area contributed by atoms with Gasteiger partial charge in [-0.15, -0.1) is 0 Å². The van der Waals surface area contributed by atoms with Gasteiger partial charge in [-0.25, -0.2) is 0 Å². The molecule has 1 saturated heterocycles. The van der Waals surface area contributed by atoms with Crippen molar-refractivity contribution in [2.45, 2.75) is 0 Å². The maximum Gasteiger partial charge on any atom is 0.248 e. The van der Waals surface area contributed by atoms with Gasteiger partial charge >= 0.3 is 0 Å². The molecular weight excluding hydrogens is 354 g/mol. The maximum atomic E-state index is 12.3. The van der Waals surface area contributed by atoms with Crippen molar-refractivity contribution in [1.82, 2.24) is 4.90 Å². The summed E-state index contributed by atoms with van der Waals surface area (Å²) in [6, 6.07) is 13.4. The molecule has 0 spiro atoms. The van der Waals surface area contributed by atoms with Crippen LogP contribution in [0.1, 0.15) is 5.56 Å². The number of carbonyl (C=O) groups excluding carboxylic acids is 1. The molecule has 0 bridgehead atoms. The van der Waals surface area contributed by atoms with Crippen LogP contribution in [0.5, 0.6) is 11.5 Å². The second-order valence-corrected chi connectivity index (χ2v) is 6.77. The lowest BCUT2D eigenvalue weighted by Crippen LogP contribution is -2.44. The van der Waals surface area contributed by atoms with Gasteiger partial charge in [0.05, 0.1) is 14.2 Å². The van der Waals surface area contributed by atoms with Crippen LogP contribution in [0.3, 0.4) is 0 Å². The Kier molecular flexibility index (Phi) is 6.55. The largest absolute Gasteiger partial charge is 0.497 e. The number of likely N-dealkylation sites (N-methyl/N-ethyl adjacent to an activating group) is 1. The van der Waals surface area contributed by atoms with Crippen LogP contribution < -0.4 is 19.7 Å². The number of nitrogens with one attached hydrogen (secondary N) is 1. The summed E-state index contributed by atoms with van der Waals surface area (Å²) < 4.78 is 10.6. The summed E-state index contributed by atoms with van der Waals surface area (Å²) in [6.07, 6.45) is 3.21. The van der Waals surface area contributed by atoms with E-state index in [1.807, 2.05) is 30.3 Å². The quantitative estimate of drug-likeness (QED) is 0.780. The number of rotatable bonds is 6. The number of anilines is 2. The van der Waals surface area contributed by atoms with E-state index in [2.05, 4.69) is 34.3 Å². The first-order chi connectivity index (χ1) is 13.6. The number of ether oxygens (including phenoxy) is 2. The lowest BCUT2D eigenvalue weighted by atomic mass is 10.1. The molecule has 1 heterocycles. The number of piperazine rings is 1. The summed E-state index contributed by atoms with van der Waals surface area (Å²) in [4.78, 5) is 17.0. The molecule has 2 aromatic carbocycles. The molecule has 0 saturated carbocycles. The van der Waals surface area contributed by atoms with E-state index < -0.39 is 0 Å². The summed E-state index contributed by atoms with van der Waals surface area (Å²) in [5.41, 5.74) is 2.73. The lowest BCUT2D eigenvalue weighted by molar-refractivity contribution is -0.111. The molecule has 1 N–H and O–H groups in total. The van der Waals surface area contributed by atoms with Crippen molar-refractivity contribution in [3.63, 3.8) is 0 Å². The SMILES string of the molecule is COc1ccc(OC)c(/C=C/C(=O)Nc2ccc(N3CCN(C)CC3)cc2)c1. The molecule has 1 aliphatic heterocycles. The Bertz CT molecular complexity index is 825. The van der Waals surface area contributed by atoms with Gasteiger partial charge in [0, 0.05) is 49.2 Å². The lowest BCUT2D eigenvalue weighted by Gasteiger charge is -2.34. The zero-order valence-electron chi connectivity index (χ0n) is 16.6. The van der Waals surface area contributed by atoms with Gasteiger partial charge in [0.15, 0.2) is 0 Å². The van der Waals surface area contributed by atoms with E-state index in [0.717, 1.165) is 37.4 Å². The third-order valence-corrected chi connectivity index (χ3v) is 4.85. The molecule has 2 aromatic rings. The molecule has 0 atom stereocenters. The summed E-state index contributed by atoms with van der Waals surface area (Å²) in [7, 11) is 5.35. The molecule has 0 radical (unpaired) electrons. The molecule has 1 fully saturated rings. The summed E-state index contributed by atoms with van der Waals surface area (Å²) >= 11 is 0. The molecule has 6 heteroatoms. The van der Waals surface area contributed by atoms with E-state index in [4.69, 9.17) is 9.47 Å². The van der Waals surface area contributed by atoms with Crippen LogP contribution >= 0.6 is 0 Å². The van der Waals surface area contributed by atoms with Crippen LogP contribution in [0.2, 0.25) is 0 Å². The van der Waals surface area contributed by atoms with Crippen molar-refractivity contribution in [1.29, 1.82) is 0 Å². The fourth-order valence-electron chi connectivity index (χ4n) is 3.14. The second kappa shape index (κ2) is 9.28. The van der Waals surface area contributed by atoms with E-state index in [0.29, 0.717) is 11.5 Å². The van der Waals surface area contributed by atoms with E-state index >= 15 is 0 Å². The van der Waals surface area contributed by atoms with Gasteiger partial charge in [-0.05, 0) is 55.6 Å². The summed E-state index contributed by atoms with van der Waals surface area (Å²) in [5.74, 6) is 1.19. The Hall–Kier alpha value is -2.99. The predicted molar refractivity (Wildman–Crippen MR) is 113 cm³/mol. The van der Waals surface area contributed by atoms with Crippen LogP contribution in [0, 0.1) is 0 Å². The van der Waals surface area contributed by atoms with Gasteiger partial charge in [-0.3, -0.25) is 4.79 Å². The Morgan fingerprint density at radius 1 is 1.00 bits per heavy atom. The minimum Gasteiger partial charge on any atom is -0.497 e. The first-order valence-corrected chi connectivity index (χ1v) is 9.33. The number of nitrogens with zero attached hydrogens (tertiary/aromatic N) is 2. The second-order valence-electron chi connectivity index (χ2n) is 6.77. The number of hydrogen-bond donors (Lipinski definition) is 1. The summed E-state index contributed by atoms with van der Waals surface area (Å²) in [6.45, 7) is 4.18. The van der Waals surface area contributed by atoms with Crippen molar-refractivity contribution in [3.8, 4) is 11.5 Å². The molecule has 1 aliphatic rings. The first kappa shape index (κ1) is 19.8. The molecule has 6 nitrogen and oxygen atoms in total. The standard InChI is InChI=1S/C22H27N3O3/c1-24-12-14-25(15-13-24)19-7-5-18(6-8-19)23-22(26)11-4-17-16-20(27-2)9-10-21(17)28-3/h4-11,16H,12-15H2,1-3H3,(H,23,26)/b11-4+. The molecule has 0 aliphatic carbocycles. The Balaban J connectivity index is 1.61. The van der Waals surface area contributed by atoms with Gasteiger partial charge in [0.25, 0.3) is 0 Å². The van der Waals surface area contributed by atoms with Crippen LogP contribution in [0.15, 0.2) is 48.5 Å². The minimum absolute atomic E-state index is 0.197. The van der Waals surface area contributed by atoms with E-state index in [9.17, 15) is 4.79 Å². The number of carbonyl (C=O) groups is 1. The van der Waals surface area contributed by atoms with E-state index in [-0.39, 0.29) is 5.91 Å². The van der Waals surface area contributed by atoms with Crippen molar-refractivity contribution >= 4 is 23.4 Å². The topological polar surface area (TPSA) is 54.0 Å². The van der Waals surface area contributed by atoms with Crippen LogP contribution in [-0.4, -0.2) is 58.3 Å². The van der Waals surface area contributed by atoms with Gasteiger partial charge in [0.1, 0.15) is 11.5 Å². The average Bonchev–Trinajstić information content (AvgIpc) is 2.73. The Morgan fingerprint density at radius 3 is 2.36 bits per heavy atom. The highest BCUT2D eigenvalue weighted by Crippen LogP contribution is 2.25. The van der Waals surface area contributed by atoms with Gasteiger partial charge < -0.3 is 24.6 Å². The number of amides is 1. The number of methoxy groups -OCH3 is 2. The zero-order valence-corrected chi connectivity index (χ0v) is 16.6. The highest BCUT2D eigenvalue weighted by molar-refractivity contribution is 6.02. The van der Waals surface area contributed by atoms with Gasteiger partial charge in [-0.1, -0.05) is 0 Å². The highest BCUT2D eigenvalue weighted by Gasteiger charge is 2.14. The first-order valence-electron chi connectivity index (χ1n) is 9.33. The smallest absolute Gasteiger partial charge is 0.248 e. The zero-order chi connectivity index (χ0) is 19.9. The third-order valence-electron chi connectivity index (χ3n) is 4.85. The number of hydrogen-bond acceptors (Lipinski definition) is 5. The van der Waals surface area contributed by atoms with Gasteiger partial charge in [0.2, 0.25) is 5.91 Å². The van der Waals surface area contributed by atoms with Crippen molar-refractivity contribution in [3.05, 3.63) is 54.1 Å². The molecule has 1 amide bonds. The third kappa shape index (κ3) is 5.04. The Labute approximate surface area is 166 Å². The fraction of sp³-hybridized carbons (Fsp3) is 0.318. The number of benzene rings is 2. The molecule has 0 aromatic heterocycles. The maximum absolute atomic E-state index is 12.3. The highest BCUT2D eigenvalue weighted by atomic mass is 16.5.